The maximum atomic E-state index is 13.2. The van der Waals surface area contributed by atoms with Crippen molar-refractivity contribution in [2.75, 3.05) is 26.2 Å². The first-order valence-corrected chi connectivity index (χ1v) is 11.7. The van der Waals surface area contributed by atoms with E-state index in [1.165, 1.54) is 16.7 Å². The third-order valence-corrected chi connectivity index (χ3v) is 6.46. The summed E-state index contributed by atoms with van der Waals surface area (Å²) in [5.41, 5.74) is 3.76. The molecule has 1 fully saturated rings. The molecule has 0 aliphatic carbocycles. The van der Waals surface area contributed by atoms with Crippen LogP contribution in [-0.2, 0) is 13.0 Å². The SMILES string of the molecule is Fc1ccc(CCCCC(c2ccccc2)N2CCN(Cc3ccc(F)cc3)CC2)cc1. The highest BCUT2D eigenvalue weighted by Crippen LogP contribution is 2.28. The minimum Gasteiger partial charge on any atom is -0.297 e. The van der Waals surface area contributed by atoms with Crippen molar-refractivity contribution in [2.45, 2.75) is 38.3 Å². The predicted octanol–water partition coefficient (Wildman–Crippen LogP) is 6.24. The van der Waals surface area contributed by atoms with Crippen LogP contribution in [0.15, 0.2) is 78.9 Å². The van der Waals surface area contributed by atoms with E-state index in [-0.39, 0.29) is 11.6 Å². The Balaban J connectivity index is 1.30. The van der Waals surface area contributed by atoms with Crippen LogP contribution in [0.3, 0.4) is 0 Å². The fraction of sp³-hybridized carbons (Fsp3) is 0.357. The molecule has 32 heavy (non-hydrogen) atoms. The molecule has 0 spiro atoms. The molecule has 0 N–H and O–H groups in total. The van der Waals surface area contributed by atoms with Gasteiger partial charge in [0.1, 0.15) is 11.6 Å². The van der Waals surface area contributed by atoms with E-state index < -0.39 is 0 Å². The number of aryl methyl sites for hydroxylation is 1. The maximum absolute atomic E-state index is 13.2. The summed E-state index contributed by atoms with van der Waals surface area (Å²) in [6, 6.07) is 25.0. The summed E-state index contributed by atoms with van der Waals surface area (Å²) in [4.78, 5) is 5.08. The van der Waals surface area contributed by atoms with Crippen molar-refractivity contribution >= 4 is 0 Å². The van der Waals surface area contributed by atoms with Crippen LogP contribution in [0.4, 0.5) is 8.78 Å². The summed E-state index contributed by atoms with van der Waals surface area (Å²) >= 11 is 0. The number of rotatable bonds is 9. The van der Waals surface area contributed by atoms with Gasteiger partial charge in [0, 0.05) is 38.8 Å². The standard InChI is InChI=1S/C28H32F2N2/c29-26-14-10-23(11-15-26)6-4-5-9-28(25-7-2-1-3-8-25)32-20-18-31(19-21-32)22-24-12-16-27(30)17-13-24/h1-3,7-8,10-17,28H,4-6,9,18-22H2. The van der Waals surface area contributed by atoms with Crippen LogP contribution in [-0.4, -0.2) is 36.0 Å². The van der Waals surface area contributed by atoms with Crippen LogP contribution < -0.4 is 0 Å². The molecule has 4 heteroatoms. The first kappa shape index (κ1) is 22.6. The Labute approximate surface area is 190 Å². The van der Waals surface area contributed by atoms with Gasteiger partial charge in [-0.1, -0.05) is 61.0 Å². The van der Waals surface area contributed by atoms with E-state index >= 15 is 0 Å². The van der Waals surface area contributed by atoms with E-state index in [2.05, 4.69) is 40.1 Å². The number of hydrogen-bond acceptors (Lipinski definition) is 2. The molecule has 1 atom stereocenters. The highest BCUT2D eigenvalue weighted by molar-refractivity contribution is 5.20. The Morgan fingerprint density at radius 2 is 1.25 bits per heavy atom. The van der Waals surface area contributed by atoms with E-state index in [0.29, 0.717) is 6.04 Å². The van der Waals surface area contributed by atoms with Gasteiger partial charge in [-0.15, -0.1) is 0 Å². The lowest BCUT2D eigenvalue weighted by molar-refractivity contribution is 0.0866. The second kappa shape index (κ2) is 11.3. The molecule has 0 amide bonds. The van der Waals surface area contributed by atoms with Gasteiger partial charge in [0.05, 0.1) is 0 Å². The summed E-state index contributed by atoms with van der Waals surface area (Å²) in [7, 11) is 0. The van der Waals surface area contributed by atoms with E-state index in [9.17, 15) is 8.78 Å². The van der Waals surface area contributed by atoms with Crippen molar-refractivity contribution < 1.29 is 8.78 Å². The lowest BCUT2D eigenvalue weighted by Crippen LogP contribution is -2.47. The highest BCUT2D eigenvalue weighted by Gasteiger charge is 2.24. The molecule has 3 aromatic rings. The van der Waals surface area contributed by atoms with Crippen molar-refractivity contribution in [1.82, 2.24) is 9.80 Å². The number of hydrogen-bond donors (Lipinski definition) is 0. The Hall–Kier alpha value is -2.56. The molecule has 0 bridgehead atoms. The van der Waals surface area contributed by atoms with Gasteiger partial charge in [-0.3, -0.25) is 9.80 Å². The fourth-order valence-corrected chi connectivity index (χ4v) is 4.63. The highest BCUT2D eigenvalue weighted by atomic mass is 19.1. The van der Waals surface area contributed by atoms with Crippen LogP contribution in [0.1, 0.15) is 42.0 Å². The molecule has 1 unspecified atom stereocenters. The van der Waals surface area contributed by atoms with Gasteiger partial charge in [0.25, 0.3) is 0 Å². The molecule has 0 aromatic heterocycles. The van der Waals surface area contributed by atoms with E-state index in [4.69, 9.17) is 0 Å². The third kappa shape index (κ3) is 6.47. The molecular weight excluding hydrogens is 402 g/mol. The van der Waals surface area contributed by atoms with Crippen LogP contribution >= 0.6 is 0 Å². The zero-order chi connectivity index (χ0) is 22.2. The molecule has 1 aliphatic heterocycles. The average molecular weight is 435 g/mol. The molecule has 3 aromatic carbocycles. The van der Waals surface area contributed by atoms with Crippen molar-refractivity contribution in [3.8, 4) is 0 Å². The van der Waals surface area contributed by atoms with Gasteiger partial charge >= 0.3 is 0 Å². The van der Waals surface area contributed by atoms with Crippen LogP contribution in [0.2, 0.25) is 0 Å². The largest absolute Gasteiger partial charge is 0.297 e. The number of halogens is 2. The smallest absolute Gasteiger partial charge is 0.123 e. The molecule has 0 saturated carbocycles. The molecular formula is C28H32F2N2. The van der Waals surface area contributed by atoms with E-state index in [0.717, 1.165) is 58.4 Å². The van der Waals surface area contributed by atoms with Crippen LogP contribution in [0, 0.1) is 11.6 Å². The second-order valence-corrected chi connectivity index (χ2v) is 8.74. The lowest BCUT2D eigenvalue weighted by atomic mass is 9.97. The molecule has 2 nitrogen and oxygen atoms in total. The molecule has 0 radical (unpaired) electrons. The predicted molar refractivity (Wildman–Crippen MR) is 126 cm³/mol. The Morgan fingerprint density at radius 1 is 0.656 bits per heavy atom. The van der Waals surface area contributed by atoms with Gasteiger partial charge in [-0.05, 0) is 60.2 Å². The summed E-state index contributed by atoms with van der Waals surface area (Å²) in [5, 5.41) is 0. The quantitative estimate of drug-likeness (QED) is 0.368. The molecule has 1 heterocycles. The van der Waals surface area contributed by atoms with Crippen molar-refractivity contribution in [2.24, 2.45) is 0 Å². The lowest BCUT2D eigenvalue weighted by Gasteiger charge is -2.39. The number of piperazine rings is 1. The Morgan fingerprint density at radius 3 is 1.88 bits per heavy atom. The molecule has 168 valence electrons. The number of unbranched alkanes of at least 4 members (excludes halogenated alkanes) is 1. The Bertz CT molecular complexity index is 933. The van der Waals surface area contributed by atoms with Crippen LogP contribution in [0.5, 0.6) is 0 Å². The van der Waals surface area contributed by atoms with Crippen molar-refractivity contribution in [3.05, 3.63) is 107 Å². The van der Waals surface area contributed by atoms with Gasteiger partial charge < -0.3 is 0 Å². The van der Waals surface area contributed by atoms with Gasteiger partial charge in [-0.2, -0.15) is 0 Å². The van der Waals surface area contributed by atoms with Gasteiger partial charge in [0.15, 0.2) is 0 Å². The van der Waals surface area contributed by atoms with Crippen molar-refractivity contribution in [1.29, 1.82) is 0 Å². The van der Waals surface area contributed by atoms with Gasteiger partial charge in [-0.25, -0.2) is 8.78 Å². The van der Waals surface area contributed by atoms with Crippen molar-refractivity contribution in [3.63, 3.8) is 0 Å². The zero-order valence-electron chi connectivity index (χ0n) is 18.6. The monoisotopic (exact) mass is 434 g/mol. The average Bonchev–Trinajstić information content (AvgIpc) is 2.83. The Kier molecular flexibility index (Phi) is 8.02. The van der Waals surface area contributed by atoms with E-state index in [1.54, 1.807) is 24.3 Å². The summed E-state index contributed by atoms with van der Waals surface area (Å²) in [6.45, 7) is 5.01. The topological polar surface area (TPSA) is 6.48 Å². The first-order chi connectivity index (χ1) is 15.7. The number of nitrogens with zero attached hydrogens (tertiary/aromatic N) is 2. The zero-order valence-corrected chi connectivity index (χ0v) is 18.6. The minimum absolute atomic E-state index is 0.170. The number of benzene rings is 3. The summed E-state index contributed by atoms with van der Waals surface area (Å²) < 4.78 is 26.3. The maximum Gasteiger partial charge on any atom is 0.123 e. The minimum atomic E-state index is -0.177. The third-order valence-electron chi connectivity index (χ3n) is 6.46. The van der Waals surface area contributed by atoms with Gasteiger partial charge in [0.2, 0.25) is 0 Å². The first-order valence-electron chi connectivity index (χ1n) is 11.7. The molecule has 1 aliphatic rings. The second-order valence-electron chi connectivity index (χ2n) is 8.74. The summed E-state index contributed by atoms with van der Waals surface area (Å²) in [6.07, 6.45) is 4.38. The fourth-order valence-electron chi connectivity index (χ4n) is 4.63. The molecule has 1 saturated heterocycles. The molecule has 4 rings (SSSR count). The van der Waals surface area contributed by atoms with Crippen LogP contribution in [0.25, 0.3) is 0 Å². The normalized spacial score (nSPS) is 16.2. The van der Waals surface area contributed by atoms with E-state index in [1.807, 2.05) is 24.3 Å². The summed E-state index contributed by atoms with van der Waals surface area (Å²) in [5.74, 6) is -0.347.